The SMILES string of the molecule is CCOC(=O)[C@H]1C[C@H](C)CCN1C(=O)[C@@H](N)CCCN/C(N)=N/[N+](=O)[O-].Cl. The number of nitrogens with zero attached hydrogens (tertiary/aromatic N) is 3. The molecule has 156 valence electrons. The van der Waals surface area contributed by atoms with Gasteiger partial charge in [0.15, 0.2) is 5.03 Å². The predicted molar refractivity (Wildman–Crippen MR) is 102 cm³/mol. The third-order valence-corrected chi connectivity index (χ3v) is 4.21. The maximum Gasteiger partial charge on any atom is 0.328 e. The number of ether oxygens (including phenoxy) is 1. The fourth-order valence-electron chi connectivity index (χ4n) is 2.87. The molecule has 0 aromatic rings. The van der Waals surface area contributed by atoms with Crippen LogP contribution in [0.25, 0.3) is 0 Å². The van der Waals surface area contributed by atoms with E-state index in [1.165, 1.54) is 4.90 Å². The van der Waals surface area contributed by atoms with Gasteiger partial charge in [-0.05, 0) is 38.5 Å². The number of nitrogens with two attached hydrogens (primary N) is 2. The summed E-state index contributed by atoms with van der Waals surface area (Å²) in [4.78, 5) is 36.5. The van der Waals surface area contributed by atoms with E-state index in [0.717, 1.165) is 6.42 Å². The van der Waals surface area contributed by atoms with Gasteiger partial charge in [-0.25, -0.2) is 14.9 Å². The van der Waals surface area contributed by atoms with Crippen molar-refractivity contribution in [3.05, 3.63) is 10.1 Å². The molecule has 1 amide bonds. The lowest BCUT2D eigenvalue weighted by atomic mass is 9.91. The van der Waals surface area contributed by atoms with Gasteiger partial charge in [0.05, 0.1) is 12.6 Å². The lowest BCUT2D eigenvalue weighted by molar-refractivity contribution is -0.485. The lowest BCUT2D eigenvalue weighted by Gasteiger charge is -2.38. The molecule has 0 unspecified atom stereocenters. The number of carbonyl (C=O) groups is 2. The monoisotopic (exact) mass is 408 g/mol. The highest BCUT2D eigenvalue weighted by molar-refractivity contribution is 5.87. The van der Waals surface area contributed by atoms with E-state index in [-0.39, 0.29) is 30.9 Å². The Labute approximate surface area is 164 Å². The Hall–Kier alpha value is -2.14. The fourth-order valence-corrected chi connectivity index (χ4v) is 2.87. The number of nitrogens with one attached hydrogen (secondary N) is 1. The van der Waals surface area contributed by atoms with E-state index in [4.69, 9.17) is 16.2 Å². The third-order valence-electron chi connectivity index (χ3n) is 4.21. The Morgan fingerprint density at radius 3 is 2.74 bits per heavy atom. The van der Waals surface area contributed by atoms with Crippen molar-refractivity contribution in [3.63, 3.8) is 0 Å². The summed E-state index contributed by atoms with van der Waals surface area (Å²) in [5, 5.41) is 14.7. The topological polar surface area (TPSA) is 166 Å². The molecule has 0 bridgehead atoms. The van der Waals surface area contributed by atoms with Crippen LogP contribution in [0.15, 0.2) is 5.10 Å². The zero-order valence-corrected chi connectivity index (χ0v) is 16.4. The number of guanidine groups is 1. The molecule has 1 heterocycles. The minimum absolute atomic E-state index is 0. The van der Waals surface area contributed by atoms with Crippen molar-refractivity contribution >= 4 is 30.2 Å². The van der Waals surface area contributed by atoms with E-state index < -0.39 is 23.1 Å². The lowest BCUT2D eigenvalue weighted by Crippen LogP contribution is -2.55. The Balaban J connectivity index is 0.00000676. The normalized spacial score (nSPS) is 21.0. The zero-order valence-electron chi connectivity index (χ0n) is 15.6. The molecule has 0 aliphatic carbocycles. The van der Waals surface area contributed by atoms with Gasteiger partial charge in [-0.1, -0.05) is 6.92 Å². The Kier molecular flexibility index (Phi) is 11.3. The molecule has 1 aliphatic rings. The number of piperidine rings is 1. The van der Waals surface area contributed by atoms with Gasteiger partial charge in [-0.15, -0.1) is 12.4 Å². The van der Waals surface area contributed by atoms with Crippen LogP contribution in [0.1, 0.15) is 39.5 Å². The van der Waals surface area contributed by atoms with Crippen molar-refractivity contribution in [2.45, 2.75) is 51.6 Å². The van der Waals surface area contributed by atoms with E-state index >= 15 is 0 Å². The highest BCUT2D eigenvalue weighted by Crippen LogP contribution is 2.24. The number of likely N-dealkylation sites (tertiary alicyclic amines) is 1. The van der Waals surface area contributed by atoms with Gasteiger partial charge in [0.25, 0.3) is 5.96 Å². The second-order valence-electron chi connectivity index (χ2n) is 6.33. The predicted octanol–water partition coefficient (Wildman–Crippen LogP) is -0.198. The first kappa shape index (κ1) is 24.9. The van der Waals surface area contributed by atoms with Crippen molar-refractivity contribution in [3.8, 4) is 0 Å². The quantitative estimate of drug-likeness (QED) is 0.124. The van der Waals surface area contributed by atoms with E-state index in [2.05, 4.69) is 10.4 Å². The molecule has 0 saturated carbocycles. The molecule has 27 heavy (non-hydrogen) atoms. The molecular formula is C15H29ClN6O5. The van der Waals surface area contributed by atoms with Crippen LogP contribution in [0.2, 0.25) is 0 Å². The molecule has 1 saturated heterocycles. The first-order chi connectivity index (χ1) is 12.3. The Morgan fingerprint density at radius 2 is 2.15 bits per heavy atom. The van der Waals surface area contributed by atoms with Gasteiger partial charge in [0.2, 0.25) is 5.91 Å². The van der Waals surface area contributed by atoms with E-state index in [1.54, 1.807) is 6.92 Å². The molecule has 5 N–H and O–H groups in total. The second-order valence-corrected chi connectivity index (χ2v) is 6.33. The van der Waals surface area contributed by atoms with Gasteiger partial charge in [0, 0.05) is 13.1 Å². The smallest absolute Gasteiger partial charge is 0.328 e. The van der Waals surface area contributed by atoms with Gasteiger partial charge < -0.3 is 26.4 Å². The Bertz CT molecular complexity index is 547. The summed E-state index contributed by atoms with van der Waals surface area (Å²) in [5.74, 6) is -0.660. The van der Waals surface area contributed by atoms with Crippen LogP contribution in [0, 0.1) is 16.0 Å². The van der Waals surface area contributed by atoms with Gasteiger partial charge in [-0.2, -0.15) is 0 Å². The summed E-state index contributed by atoms with van der Waals surface area (Å²) >= 11 is 0. The van der Waals surface area contributed by atoms with Crippen LogP contribution in [0.3, 0.4) is 0 Å². The number of amides is 1. The molecule has 0 spiro atoms. The summed E-state index contributed by atoms with van der Waals surface area (Å²) in [6, 6.07) is -1.37. The Morgan fingerprint density at radius 1 is 1.48 bits per heavy atom. The molecule has 0 aromatic carbocycles. The van der Waals surface area contributed by atoms with Crippen LogP contribution in [-0.2, 0) is 14.3 Å². The maximum atomic E-state index is 12.6. The first-order valence-corrected chi connectivity index (χ1v) is 8.71. The van der Waals surface area contributed by atoms with Crippen molar-refractivity contribution in [1.29, 1.82) is 0 Å². The number of esters is 1. The second kappa shape index (κ2) is 12.3. The summed E-state index contributed by atoms with van der Waals surface area (Å²) in [7, 11) is 0. The molecule has 0 aromatic heterocycles. The van der Waals surface area contributed by atoms with Crippen LogP contribution in [0.5, 0.6) is 0 Å². The van der Waals surface area contributed by atoms with Gasteiger partial charge in [-0.3, -0.25) is 4.79 Å². The molecule has 12 heteroatoms. The summed E-state index contributed by atoms with van der Waals surface area (Å²) in [6.07, 6.45) is 2.19. The first-order valence-electron chi connectivity index (χ1n) is 8.71. The number of hydrazone groups is 1. The number of carbonyl (C=O) groups excluding carboxylic acids is 2. The zero-order chi connectivity index (χ0) is 19.7. The maximum absolute atomic E-state index is 12.6. The standard InChI is InChI=1S/C15H28N6O5.ClH/c1-3-26-14(23)12-9-10(2)6-8-20(12)13(22)11(16)5-4-7-18-15(17)19-21(24)25;/h10-12H,3-9,16H2,1-2H3,(H3,17,18,19);1H/t10-,11+,12-;/m1./s1. The van der Waals surface area contributed by atoms with Crippen molar-refractivity contribution in [2.75, 3.05) is 19.7 Å². The summed E-state index contributed by atoms with van der Waals surface area (Å²) in [5.41, 5.74) is 11.3. The number of nitro groups is 1. The average Bonchev–Trinajstić information content (AvgIpc) is 2.57. The average molecular weight is 409 g/mol. The van der Waals surface area contributed by atoms with Crippen molar-refractivity contribution in [2.24, 2.45) is 22.5 Å². The largest absolute Gasteiger partial charge is 0.464 e. The molecule has 11 nitrogen and oxygen atoms in total. The van der Waals surface area contributed by atoms with Crippen molar-refractivity contribution in [1.82, 2.24) is 10.2 Å². The molecular weight excluding hydrogens is 380 g/mol. The third kappa shape index (κ3) is 8.39. The fraction of sp³-hybridized carbons (Fsp3) is 0.800. The van der Waals surface area contributed by atoms with Gasteiger partial charge in [0.1, 0.15) is 11.1 Å². The molecule has 0 radical (unpaired) electrons. The minimum Gasteiger partial charge on any atom is -0.464 e. The highest BCUT2D eigenvalue weighted by atomic mass is 35.5. The molecule has 1 fully saturated rings. The number of hydrogen-bond acceptors (Lipinski definition) is 6. The number of rotatable bonds is 8. The number of halogens is 1. The van der Waals surface area contributed by atoms with Crippen LogP contribution in [0.4, 0.5) is 0 Å². The van der Waals surface area contributed by atoms with Crippen LogP contribution < -0.4 is 16.8 Å². The van der Waals surface area contributed by atoms with E-state index in [1.807, 2.05) is 6.92 Å². The van der Waals surface area contributed by atoms with Gasteiger partial charge >= 0.3 is 5.97 Å². The number of hydrogen-bond donors (Lipinski definition) is 3. The van der Waals surface area contributed by atoms with Crippen LogP contribution >= 0.6 is 12.4 Å². The van der Waals surface area contributed by atoms with Crippen LogP contribution in [-0.4, -0.2) is 59.5 Å². The molecule has 3 atom stereocenters. The highest BCUT2D eigenvalue weighted by Gasteiger charge is 2.37. The molecule has 1 rings (SSSR count). The minimum atomic E-state index is -0.898. The van der Waals surface area contributed by atoms with Crippen molar-refractivity contribution < 1.29 is 19.4 Å². The summed E-state index contributed by atoms with van der Waals surface area (Å²) < 4.78 is 5.08. The molecule has 1 aliphatic heterocycles. The van der Waals surface area contributed by atoms with E-state index in [9.17, 15) is 19.7 Å². The van der Waals surface area contributed by atoms with E-state index in [0.29, 0.717) is 38.3 Å². The summed E-state index contributed by atoms with van der Waals surface area (Å²) in [6.45, 7) is 4.79.